The van der Waals surface area contributed by atoms with E-state index in [2.05, 4.69) is 10.2 Å². The number of hydrogen-bond acceptors (Lipinski definition) is 4. The molecular formula is C17H23FN2O3. The third-order valence-electron chi connectivity index (χ3n) is 4.74. The molecule has 2 N–H and O–H groups in total. The first-order chi connectivity index (χ1) is 11.1. The Morgan fingerprint density at radius 3 is 2.83 bits per heavy atom. The van der Waals surface area contributed by atoms with Crippen molar-refractivity contribution in [3.8, 4) is 0 Å². The van der Waals surface area contributed by atoms with Crippen LogP contribution in [0.4, 0.5) is 4.39 Å². The van der Waals surface area contributed by atoms with Crippen LogP contribution in [0.1, 0.15) is 29.6 Å². The molecule has 3 atom stereocenters. The van der Waals surface area contributed by atoms with Gasteiger partial charge in [0.2, 0.25) is 0 Å². The first kappa shape index (κ1) is 16.4. The molecule has 1 saturated carbocycles. The quantitative estimate of drug-likeness (QED) is 0.877. The summed E-state index contributed by atoms with van der Waals surface area (Å²) in [6.45, 7) is 2.99. The Labute approximate surface area is 135 Å². The van der Waals surface area contributed by atoms with Crippen LogP contribution in [0.15, 0.2) is 24.3 Å². The number of morpholine rings is 1. The lowest BCUT2D eigenvalue weighted by Crippen LogP contribution is -2.58. The maximum atomic E-state index is 13.2. The zero-order valence-electron chi connectivity index (χ0n) is 13.1. The normalized spacial score (nSPS) is 29.2. The van der Waals surface area contributed by atoms with Gasteiger partial charge >= 0.3 is 0 Å². The van der Waals surface area contributed by atoms with Crippen LogP contribution in [0, 0.1) is 5.82 Å². The first-order valence-electron chi connectivity index (χ1n) is 8.21. The fraction of sp³-hybridized carbons (Fsp3) is 0.588. The third kappa shape index (κ3) is 3.88. The van der Waals surface area contributed by atoms with Crippen LogP contribution < -0.4 is 5.32 Å². The molecule has 1 aromatic carbocycles. The lowest BCUT2D eigenvalue weighted by Gasteiger charge is -2.43. The van der Waals surface area contributed by atoms with Gasteiger partial charge in [0.1, 0.15) is 5.82 Å². The van der Waals surface area contributed by atoms with E-state index >= 15 is 0 Å². The fourth-order valence-corrected chi connectivity index (χ4v) is 3.50. The van der Waals surface area contributed by atoms with Crippen LogP contribution in [-0.2, 0) is 4.74 Å². The topological polar surface area (TPSA) is 61.8 Å². The number of ether oxygens (including phenoxy) is 1. The number of halogens is 1. The van der Waals surface area contributed by atoms with Crippen molar-refractivity contribution in [1.29, 1.82) is 0 Å². The van der Waals surface area contributed by atoms with Crippen molar-refractivity contribution < 1.29 is 19.0 Å². The van der Waals surface area contributed by atoms with E-state index in [1.807, 2.05) is 0 Å². The molecule has 1 aromatic rings. The summed E-state index contributed by atoms with van der Waals surface area (Å²) < 4.78 is 18.6. The molecule has 2 fully saturated rings. The van der Waals surface area contributed by atoms with Crippen molar-refractivity contribution in [2.45, 2.75) is 37.5 Å². The maximum Gasteiger partial charge on any atom is 0.251 e. The number of benzene rings is 1. The Morgan fingerprint density at radius 1 is 1.30 bits per heavy atom. The van der Waals surface area contributed by atoms with Gasteiger partial charge in [-0.25, -0.2) is 4.39 Å². The predicted octanol–water partition coefficient (Wildman–Crippen LogP) is 1.17. The zero-order valence-corrected chi connectivity index (χ0v) is 13.1. The number of amides is 1. The van der Waals surface area contributed by atoms with E-state index in [1.54, 1.807) is 6.07 Å². The number of hydrogen-bond donors (Lipinski definition) is 2. The van der Waals surface area contributed by atoms with Gasteiger partial charge in [-0.15, -0.1) is 0 Å². The highest BCUT2D eigenvalue weighted by atomic mass is 19.1. The van der Waals surface area contributed by atoms with Crippen LogP contribution in [0.25, 0.3) is 0 Å². The smallest absolute Gasteiger partial charge is 0.251 e. The van der Waals surface area contributed by atoms with Gasteiger partial charge in [0.25, 0.3) is 5.91 Å². The number of carbonyl (C=O) groups is 1. The second-order valence-electron chi connectivity index (χ2n) is 6.23. The van der Waals surface area contributed by atoms with Crippen LogP contribution in [0.2, 0.25) is 0 Å². The Bertz CT molecular complexity index is 548. The second kappa shape index (κ2) is 7.38. The molecule has 126 valence electrons. The minimum Gasteiger partial charge on any atom is -0.389 e. The van der Waals surface area contributed by atoms with Gasteiger partial charge in [-0.05, 0) is 37.5 Å². The number of aliphatic hydroxyl groups is 1. The minimum absolute atomic E-state index is 0.0467. The highest BCUT2D eigenvalue weighted by Crippen LogP contribution is 2.25. The zero-order chi connectivity index (χ0) is 16.2. The Hall–Kier alpha value is -1.50. The van der Waals surface area contributed by atoms with Crippen LogP contribution >= 0.6 is 0 Å². The van der Waals surface area contributed by atoms with Gasteiger partial charge in [-0.1, -0.05) is 6.07 Å². The van der Waals surface area contributed by atoms with Crippen molar-refractivity contribution in [2.24, 2.45) is 0 Å². The van der Waals surface area contributed by atoms with E-state index in [1.165, 1.54) is 18.2 Å². The van der Waals surface area contributed by atoms with Gasteiger partial charge in [-0.3, -0.25) is 9.69 Å². The van der Waals surface area contributed by atoms with E-state index < -0.39 is 11.9 Å². The lowest BCUT2D eigenvalue weighted by molar-refractivity contribution is -0.0459. The summed E-state index contributed by atoms with van der Waals surface area (Å²) in [5.41, 5.74) is 0.283. The molecular weight excluding hydrogens is 299 g/mol. The third-order valence-corrected chi connectivity index (χ3v) is 4.74. The highest BCUT2D eigenvalue weighted by Gasteiger charge is 2.36. The average molecular weight is 322 g/mol. The number of rotatable bonds is 3. The molecule has 3 rings (SSSR count). The Morgan fingerprint density at radius 2 is 2.09 bits per heavy atom. The largest absolute Gasteiger partial charge is 0.389 e. The van der Waals surface area contributed by atoms with Crippen LogP contribution in [-0.4, -0.2) is 60.4 Å². The highest BCUT2D eigenvalue weighted by molar-refractivity contribution is 5.94. The van der Waals surface area contributed by atoms with Gasteiger partial charge in [0, 0.05) is 24.7 Å². The summed E-state index contributed by atoms with van der Waals surface area (Å²) in [7, 11) is 0. The molecule has 0 unspecified atom stereocenters. The van der Waals surface area contributed by atoms with Crippen molar-refractivity contribution in [3.05, 3.63) is 35.6 Å². The van der Waals surface area contributed by atoms with E-state index in [0.29, 0.717) is 13.2 Å². The standard InChI is InChI=1S/C17H23FN2O3/c18-13-4-1-3-12(11-13)17(22)19-14-5-2-6-15(16(14)21)20-7-9-23-10-8-20/h1,3-4,11,14-16,21H,2,5-10H2,(H,19,22)/t14-,15-,16-/m1/s1. The summed E-state index contributed by atoms with van der Waals surface area (Å²) in [6.07, 6.45) is 2.00. The van der Waals surface area contributed by atoms with Gasteiger partial charge < -0.3 is 15.2 Å². The van der Waals surface area contributed by atoms with E-state index in [0.717, 1.165) is 32.4 Å². The number of nitrogens with zero attached hydrogens (tertiary/aromatic N) is 1. The molecule has 5 nitrogen and oxygen atoms in total. The van der Waals surface area contributed by atoms with Crippen molar-refractivity contribution in [2.75, 3.05) is 26.3 Å². The molecule has 23 heavy (non-hydrogen) atoms. The molecule has 2 aliphatic rings. The Balaban J connectivity index is 1.63. The summed E-state index contributed by atoms with van der Waals surface area (Å²) in [6, 6.07) is 5.35. The molecule has 6 heteroatoms. The minimum atomic E-state index is -0.612. The summed E-state index contributed by atoms with van der Waals surface area (Å²) in [5.74, 6) is -0.774. The van der Waals surface area contributed by atoms with Crippen molar-refractivity contribution >= 4 is 5.91 Å². The van der Waals surface area contributed by atoms with Crippen molar-refractivity contribution in [3.63, 3.8) is 0 Å². The van der Waals surface area contributed by atoms with Gasteiger partial charge in [0.15, 0.2) is 0 Å². The fourth-order valence-electron chi connectivity index (χ4n) is 3.50. The summed E-state index contributed by atoms with van der Waals surface area (Å²) >= 11 is 0. The average Bonchev–Trinajstić information content (AvgIpc) is 2.57. The summed E-state index contributed by atoms with van der Waals surface area (Å²) in [4.78, 5) is 14.5. The van der Waals surface area contributed by atoms with E-state index in [-0.39, 0.29) is 23.6 Å². The lowest BCUT2D eigenvalue weighted by atomic mass is 9.86. The second-order valence-corrected chi connectivity index (χ2v) is 6.23. The molecule has 1 saturated heterocycles. The first-order valence-corrected chi connectivity index (χ1v) is 8.21. The number of aliphatic hydroxyl groups excluding tert-OH is 1. The molecule has 1 heterocycles. The summed E-state index contributed by atoms with van der Waals surface area (Å²) in [5, 5.41) is 13.5. The monoisotopic (exact) mass is 322 g/mol. The van der Waals surface area contributed by atoms with Crippen LogP contribution in [0.3, 0.4) is 0 Å². The molecule has 1 amide bonds. The molecule has 1 aliphatic carbocycles. The van der Waals surface area contributed by atoms with E-state index in [4.69, 9.17) is 4.74 Å². The van der Waals surface area contributed by atoms with Gasteiger partial charge in [0.05, 0.1) is 25.4 Å². The van der Waals surface area contributed by atoms with E-state index in [9.17, 15) is 14.3 Å². The molecule has 0 bridgehead atoms. The SMILES string of the molecule is O=C(N[C@@H]1CCC[C@@H](N2CCOCC2)[C@@H]1O)c1cccc(F)c1. The molecule has 0 radical (unpaired) electrons. The van der Waals surface area contributed by atoms with Crippen molar-refractivity contribution in [1.82, 2.24) is 10.2 Å². The predicted molar refractivity (Wildman–Crippen MR) is 83.7 cm³/mol. The number of nitrogens with one attached hydrogen (secondary N) is 1. The Kier molecular flexibility index (Phi) is 5.25. The maximum absolute atomic E-state index is 13.2. The van der Waals surface area contributed by atoms with Crippen LogP contribution in [0.5, 0.6) is 0 Å². The number of carbonyl (C=O) groups excluding carboxylic acids is 1. The molecule has 1 aliphatic heterocycles. The van der Waals surface area contributed by atoms with Gasteiger partial charge in [-0.2, -0.15) is 0 Å². The molecule has 0 aromatic heterocycles. The molecule has 0 spiro atoms.